The lowest BCUT2D eigenvalue weighted by atomic mass is 9.88. The van der Waals surface area contributed by atoms with Gasteiger partial charge in [0.15, 0.2) is 11.5 Å². The number of fused-ring (bicyclic) bond motifs is 1. The van der Waals surface area contributed by atoms with E-state index < -0.39 is 0 Å². The Labute approximate surface area is 188 Å². The van der Waals surface area contributed by atoms with E-state index in [1.54, 1.807) is 0 Å². The van der Waals surface area contributed by atoms with E-state index in [2.05, 4.69) is 22.3 Å². The van der Waals surface area contributed by atoms with Gasteiger partial charge in [-0.05, 0) is 56.0 Å². The van der Waals surface area contributed by atoms with Gasteiger partial charge in [-0.2, -0.15) is 0 Å². The molecule has 1 amide bonds. The molecule has 0 radical (unpaired) electrons. The number of likely N-dealkylation sites (tertiary alicyclic amines) is 1. The molecular weight excluding hydrogens is 433 g/mol. The highest BCUT2D eigenvalue weighted by Gasteiger charge is 2.37. The molecule has 1 aromatic carbocycles. The minimum absolute atomic E-state index is 0. The average Bonchev–Trinajstić information content (AvgIpc) is 3.48. The normalized spacial score (nSPS) is 26.8. The Morgan fingerprint density at radius 1 is 1.10 bits per heavy atom. The number of amides is 1. The van der Waals surface area contributed by atoms with Crippen molar-refractivity contribution in [3.05, 3.63) is 23.8 Å². The minimum atomic E-state index is 0. The number of halogens is 2. The summed E-state index contributed by atoms with van der Waals surface area (Å²) in [5, 5.41) is 3.48. The Kier molecular flexibility index (Phi) is 7.84. The van der Waals surface area contributed by atoms with Crippen LogP contribution in [0.15, 0.2) is 18.2 Å². The van der Waals surface area contributed by atoms with Gasteiger partial charge < -0.3 is 19.7 Å². The number of nitrogens with zero attached hydrogens (tertiary/aromatic N) is 2. The summed E-state index contributed by atoms with van der Waals surface area (Å²) in [6, 6.07) is 6.89. The van der Waals surface area contributed by atoms with Crippen LogP contribution >= 0.6 is 36.6 Å². The van der Waals surface area contributed by atoms with Crippen molar-refractivity contribution in [1.29, 1.82) is 0 Å². The highest BCUT2D eigenvalue weighted by molar-refractivity contribution is 7.99. The van der Waals surface area contributed by atoms with Gasteiger partial charge in [-0.15, -0.1) is 36.6 Å². The molecule has 0 spiro atoms. The van der Waals surface area contributed by atoms with E-state index in [0.717, 1.165) is 68.6 Å². The molecule has 0 aliphatic carbocycles. The third-order valence-corrected chi connectivity index (χ3v) is 7.35. The first kappa shape index (κ1) is 22.8. The second-order valence-corrected chi connectivity index (χ2v) is 8.99. The van der Waals surface area contributed by atoms with Crippen LogP contribution in [0.2, 0.25) is 0 Å². The topological polar surface area (TPSA) is 54.0 Å². The molecule has 1 aromatic rings. The molecule has 3 fully saturated rings. The van der Waals surface area contributed by atoms with Crippen molar-refractivity contribution in [1.82, 2.24) is 15.1 Å². The van der Waals surface area contributed by atoms with E-state index in [4.69, 9.17) is 9.47 Å². The van der Waals surface area contributed by atoms with E-state index in [1.165, 1.54) is 5.56 Å². The van der Waals surface area contributed by atoms with E-state index >= 15 is 0 Å². The predicted molar refractivity (Wildman–Crippen MR) is 120 cm³/mol. The summed E-state index contributed by atoms with van der Waals surface area (Å²) in [6.07, 6.45) is 3.28. The van der Waals surface area contributed by atoms with Crippen LogP contribution in [0, 0.1) is 0 Å². The highest BCUT2D eigenvalue weighted by atomic mass is 35.5. The van der Waals surface area contributed by atoms with Crippen LogP contribution < -0.4 is 14.8 Å². The summed E-state index contributed by atoms with van der Waals surface area (Å²) in [7, 11) is 0. The number of rotatable bonds is 3. The predicted octanol–water partition coefficient (Wildman–Crippen LogP) is 2.70. The van der Waals surface area contributed by atoms with Gasteiger partial charge in [-0.25, -0.2) is 0 Å². The van der Waals surface area contributed by atoms with Crippen molar-refractivity contribution >= 4 is 42.5 Å². The lowest BCUT2D eigenvalue weighted by Gasteiger charge is -2.36. The van der Waals surface area contributed by atoms with Crippen molar-refractivity contribution in [3.8, 4) is 11.5 Å². The molecule has 5 rings (SSSR count). The zero-order chi connectivity index (χ0) is 18.2. The van der Waals surface area contributed by atoms with Crippen LogP contribution in [-0.2, 0) is 4.79 Å². The van der Waals surface area contributed by atoms with Crippen LogP contribution in [0.25, 0.3) is 0 Å². The first-order chi connectivity index (χ1) is 13.3. The van der Waals surface area contributed by atoms with Crippen molar-refractivity contribution in [2.45, 2.75) is 37.3 Å². The molecular formula is C20H29Cl2N3O3S. The van der Waals surface area contributed by atoms with E-state index in [1.807, 2.05) is 22.7 Å². The maximum absolute atomic E-state index is 12.6. The zero-order valence-corrected chi connectivity index (χ0v) is 18.8. The molecule has 4 aliphatic rings. The van der Waals surface area contributed by atoms with Crippen LogP contribution in [-0.4, -0.2) is 72.4 Å². The fraction of sp³-hybridized carbons (Fsp3) is 0.650. The molecule has 1 N–H and O–H groups in total. The third-order valence-electron chi connectivity index (χ3n) is 6.38. The van der Waals surface area contributed by atoms with Gasteiger partial charge in [-0.3, -0.25) is 9.69 Å². The molecule has 9 heteroatoms. The second-order valence-electron chi connectivity index (χ2n) is 7.91. The average molecular weight is 462 g/mol. The Balaban J connectivity index is 0.00000120. The molecule has 0 unspecified atom stereocenters. The third kappa shape index (κ3) is 4.74. The summed E-state index contributed by atoms with van der Waals surface area (Å²) >= 11 is 1.85. The van der Waals surface area contributed by atoms with E-state index in [9.17, 15) is 4.79 Å². The molecule has 3 saturated heterocycles. The van der Waals surface area contributed by atoms with Crippen molar-refractivity contribution in [2.24, 2.45) is 0 Å². The number of hydrogen-bond acceptors (Lipinski definition) is 6. The number of thioether (sulfide) groups is 1. The van der Waals surface area contributed by atoms with Crippen LogP contribution in [0.4, 0.5) is 0 Å². The number of hydrogen-bond donors (Lipinski definition) is 1. The quantitative estimate of drug-likeness (QED) is 0.746. The SMILES string of the molecule is Cl.Cl.O=C([C@@H]1C[C@H](N2CCC(c3ccc4c(c3)OCO4)CC2)CN1)N1CCSC1. The molecule has 6 nitrogen and oxygen atoms in total. The van der Waals surface area contributed by atoms with Gasteiger partial charge in [-0.1, -0.05) is 6.07 Å². The van der Waals surface area contributed by atoms with Gasteiger partial charge in [0, 0.05) is 24.9 Å². The maximum atomic E-state index is 12.6. The fourth-order valence-corrected chi connectivity index (χ4v) is 5.71. The van der Waals surface area contributed by atoms with Crippen molar-refractivity contribution in [3.63, 3.8) is 0 Å². The smallest absolute Gasteiger partial charge is 0.240 e. The summed E-state index contributed by atoms with van der Waals surface area (Å²) in [4.78, 5) is 17.2. The number of piperidine rings is 1. The largest absolute Gasteiger partial charge is 0.454 e. The molecule has 0 saturated carbocycles. The number of carbonyl (C=O) groups is 1. The van der Waals surface area contributed by atoms with Gasteiger partial charge in [0.1, 0.15) is 0 Å². The van der Waals surface area contributed by atoms with Crippen LogP contribution in [0.1, 0.15) is 30.7 Å². The Morgan fingerprint density at radius 3 is 2.66 bits per heavy atom. The maximum Gasteiger partial charge on any atom is 0.240 e. The van der Waals surface area contributed by atoms with Crippen molar-refractivity contribution in [2.75, 3.05) is 44.6 Å². The Morgan fingerprint density at radius 2 is 1.90 bits per heavy atom. The first-order valence-corrected chi connectivity index (χ1v) is 11.2. The Bertz CT molecular complexity index is 712. The summed E-state index contributed by atoms with van der Waals surface area (Å²) in [5.41, 5.74) is 1.36. The zero-order valence-electron chi connectivity index (χ0n) is 16.4. The summed E-state index contributed by atoms with van der Waals surface area (Å²) in [6.45, 7) is 4.39. The molecule has 29 heavy (non-hydrogen) atoms. The number of carbonyl (C=O) groups excluding carboxylic acids is 1. The van der Waals surface area contributed by atoms with Gasteiger partial charge >= 0.3 is 0 Å². The summed E-state index contributed by atoms with van der Waals surface area (Å²) in [5.74, 6) is 4.58. The van der Waals surface area contributed by atoms with Crippen LogP contribution in [0.5, 0.6) is 11.5 Å². The van der Waals surface area contributed by atoms with Gasteiger partial charge in [0.25, 0.3) is 0 Å². The number of ether oxygens (including phenoxy) is 2. The van der Waals surface area contributed by atoms with Gasteiger partial charge in [0.05, 0.1) is 11.9 Å². The molecule has 0 bridgehead atoms. The fourth-order valence-electron chi connectivity index (χ4n) is 4.76. The standard InChI is InChI=1S/C20H27N3O3S.2ClH/c24-20(23-7-8-27-12-23)17-10-16(11-21-17)22-5-3-14(4-6-22)15-1-2-18-19(9-15)26-13-25-18;;/h1-2,9,14,16-17,21H,3-8,10-13H2;2*1H/t16-,17-;;/m0../s1. The lowest BCUT2D eigenvalue weighted by Crippen LogP contribution is -2.42. The lowest BCUT2D eigenvalue weighted by molar-refractivity contribution is -0.131. The number of benzene rings is 1. The second kappa shape index (κ2) is 9.96. The molecule has 4 aliphatic heterocycles. The van der Waals surface area contributed by atoms with Gasteiger partial charge in [0.2, 0.25) is 12.7 Å². The first-order valence-electron chi connectivity index (χ1n) is 10.0. The molecule has 162 valence electrons. The molecule has 0 aromatic heterocycles. The number of nitrogens with one attached hydrogen (secondary N) is 1. The van der Waals surface area contributed by atoms with E-state index in [0.29, 0.717) is 24.7 Å². The van der Waals surface area contributed by atoms with E-state index in [-0.39, 0.29) is 30.9 Å². The molecule has 2 atom stereocenters. The highest BCUT2D eigenvalue weighted by Crippen LogP contribution is 2.38. The minimum Gasteiger partial charge on any atom is -0.454 e. The molecule has 4 heterocycles. The summed E-state index contributed by atoms with van der Waals surface area (Å²) < 4.78 is 11.0. The van der Waals surface area contributed by atoms with Crippen molar-refractivity contribution < 1.29 is 14.3 Å². The Hall–Kier alpha value is -0.860. The monoisotopic (exact) mass is 461 g/mol. The van der Waals surface area contributed by atoms with Crippen LogP contribution in [0.3, 0.4) is 0 Å².